The smallest absolute Gasteiger partial charge is 0.0803 e. The predicted octanol–water partition coefficient (Wildman–Crippen LogP) is 4.59. The Morgan fingerprint density at radius 3 is 2.40 bits per heavy atom. The minimum Gasteiger partial charge on any atom is -0.505 e. The number of nitrogens with zero attached hydrogens (tertiary/aromatic N) is 1. The molecule has 1 aromatic carbocycles. The third kappa shape index (κ3) is 4.32. The van der Waals surface area contributed by atoms with E-state index in [1.165, 1.54) is 0 Å². The zero-order chi connectivity index (χ0) is 14.5. The molecule has 20 heavy (non-hydrogen) atoms. The first-order chi connectivity index (χ1) is 9.60. The van der Waals surface area contributed by atoms with Crippen LogP contribution in [0, 0.1) is 0 Å². The number of rotatable bonds is 4. The van der Waals surface area contributed by atoms with Gasteiger partial charge in [-0.1, -0.05) is 23.2 Å². The number of benzene rings is 1. The van der Waals surface area contributed by atoms with Gasteiger partial charge in [0.15, 0.2) is 0 Å². The van der Waals surface area contributed by atoms with Gasteiger partial charge < -0.3 is 4.74 Å². The summed E-state index contributed by atoms with van der Waals surface area (Å²) >= 11 is 16.8. The molecule has 2 nitrogen and oxygen atoms in total. The fraction of sp³-hybridized carbons (Fsp3) is 0.467. The van der Waals surface area contributed by atoms with Crippen molar-refractivity contribution in [3.05, 3.63) is 46.1 Å². The molecule has 1 heterocycles. The monoisotopic (exact) mass is 331 g/mol. The average molecular weight is 332 g/mol. The molecule has 0 spiro atoms. The van der Waals surface area contributed by atoms with E-state index in [-0.39, 0.29) is 6.04 Å². The van der Waals surface area contributed by atoms with Gasteiger partial charge in [-0.05, 0) is 42.7 Å². The van der Waals surface area contributed by atoms with Gasteiger partial charge in [0, 0.05) is 28.4 Å². The zero-order valence-corrected chi connectivity index (χ0v) is 13.8. The van der Waals surface area contributed by atoms with Gasteiger partial charge in [0.05, 0.1) is 19.4 Å². The van der Waals surface area contributed by atoms with Crippen LogP contribution in [-0.4, -0.2) is 30.3 Å². The summed E-state index contributed by atoms with van der Waals surface area (Å²) in [6.45, 7) is 2.02. The lowest BCUT2D eigenvalue weighted by atomic mass is 10.0. The van der Waals surface area contributed by atoms with Crippen LogP contribution in [0.15, 0.2) is 30.5 Å². The first kappa shape index (κ1) is 16.0. The lowest BCUT2D eigenvalue weighted by Crippen LogP contribution is -2.36. The van der Waals surface area contributed by atoms with Crippen molar-refractivity contribution in [3.63, 3.8) is 0 Å². The van der Waals surface area contributed by atoms with Crippen LogP contribution in [0.1, 0.15) is 24.4 Å². The van der Waals surface area contributed by atoms with Gasteiger partial charge in [0.25, 0.3) is 0 Å². The van der Waals surface area contributed by atoms with Gasteiger partial charge >= 0.3 is 0 Å². The Bertz CT molecular complexity index is 453. The van der Waals surface area contributed by atoms with Crippen molar-refractivity contribution in [3.8, 4) is 0 Å². The number of hydrogen-bond acceptors (Lipinski definition) is 3. The molecule has 5 heteroatoms. The highest BCUT2D eigenvalue weighted by molar-refractivity contribution is 7.80. The lowest BCUT2D eigenvalue weighted by molar-refractivity contribution is 0.192. The van der Waals surface area contributed by atoms with Crippen molar-refractivity contribution in [2.24, 2.45) is 0 Å². The van der Waals surface area contributed by atoms with Crippen LogP contribution in [-0.2, 0) is 4.74 Å². The number of methoxy groups -OCH3 is 1. The molecule has 1 fully saturated rings. The summed E-state index contributed by atoms with van der Waals surface area (Å²) in [4.78, 5) is 2.41. The van der Waals surface area contributed by atoms with E-state index in [0.717, 1.165) is 31.5 Å². The van der Waals surface area contributed by atoms with E-state index in [1.54, 1.807) is 19.4 Å². The lowest BCUT2D eigenvalue weighted by Gasteiger charge is -2.35. The second-order valence-corrected chi connectivity index (χ2v) is 6.58. The Hall–Kier alpha value is -0.350. The Labute approximate surface area is 136 Å². The van der Waals surface area contributed by atoms with Crippen LogP contribution in [0.2, 0.25) is 10.0 Å². The Morgan fingerprint density at radius 1 is 1.25 bits per heavy atom. The highest BCUT2D eigenvalue weighted by Crippen LogP contribution is 2.31. The molecule has 2 rings (SSSR count). The molecule has 0 N–H and O–H groups in total. The molecule has 0 aromatic heterocycles. The van der Waals surface area contributed by atoms with E-state index in [1.807, 2.05) is 18.2 Å². The molecule has 1 aromatic rings. The maximum atomic E-state index is 6.12. The number of likely N-dealkylation sites (tertiary alicyclic amines) is 1. The van der Waals surface area contributed by atoms with Crippen molar-refractivity contribution in [2.75, 3.05) is 20.2 Å². The highest BCUT2D eigenvalue weighted by Gasteiger charge is 2.23. The van der Waals surface area contributed by atoms with Crippen LogP contribution in [0.3, 0.4) is 0 Å². The Kier molecular flexibility index (Phi) is 6.09. The summed E-state index contributed by atoms with van der Waals surface area (Å²) in [6, 6.07) is 5.81. The summed E-state index contributed by atoms with van der Waals surface area (Å²) in [5.74, 6) is 0. The summed E-state index contributed by atoms with van der Waals surface area (Å²) in [6.07, 6.45) is 5.94. The third-order valence-corrected chi connectivity index (χ3v) is 4.47. The topological polar surface area (TPSA) is 12.5 Å². The molecule has 1 saturated heterocycles. The van der Waals surface area contributed by atoms with Crippen molar-refractivity contribution in [2.45, 2.75) is 24.1 Å². The van der Waals surface area contributed by atoms with Gasteiger partial charge in [-0.15, -0.1) is 0 Å². The number of piperidine rings is 1. The Balaban J connectivity index is 2.24. The number of ether oxygens (including phenoxy) is 1. The van der Waals surface area contributed by atoms with Gasteiger partial charge in [-0.2, -0.15) is 12.6 Å². The van der Waals surface area contributed by atoms with Gasteiger partial charge in [-0.25, -0.2) is 0 Å². The van der Waals surface area contributed by atoms with Crippen molar-refractivity contribution >= 4 is 35.8 Å². The molecular formula is C15H19Cl2NOS. The van der Waals surface area contributed by atoms with Gasteiger partial charge in [-0.3, -0.25) is 4.90 Å². The molecule has 0 amide bonds. The number of halogens is 2. The molecule has 0 radical (unpaired) electrons. The second-order valence-electron chi connectivity index (χ2n) is 4.98. The second kappa shape index (κ2) is 7.60. The summed E-state index contributed by atoms with van der Waals surface area (Å²) < 4.78 is 5.08. The minimum atomic E-state index is 0.131. The molecule has 0 saturated carbocycles. The molecule has 1 aliphatic rings. The predicted molar refractivity (Wildman–Crippen MR) is 88.9 cm³/mol. The zero-order valence-electron chi connectivity index (χ0n) is 11.4. The van der Waals surface area contributed by atoms with E-state index in [9.17, 15) is 0 Å². The van der Waals surface area contributed by atoms with Crippen LogP contribution in [0.25, 0.3) is 0 Å². The molecule has 1 aliphatic heterocycles. The highest BCUT2D eigenvalue weighted by atomic mass is 35.5. The van der Waals surface area contributed by atoms with Crippen molar-refractivity contribution in [1.29, 1.82) is 0 Å². The largest absolute Gasteiger partial charge is 0.505 e. The maximum absolute atomic E-state index is 6.12. The quantitative estimate of drug-likeness (QED) is 0.640. The molecule has 1 unspecified atom stereocenters. The number of thiol groups is 1. The van der Waals surface area contributed by atoms with Crippen LogP contribution in [0.5, 0.6) is 0 Å². The van der Waals surface area contributed by atoms with Gasteiger partial charge in [0.2, 0.25) is 0 Å². The number of hydrogen-bond donors (Lipinski definition) is 1. The van der Waals surface area contributed by atoms with E-state index in [4.69, 9.17) is 27.9 Å². The minimum absolute atomic E-state index is 0.131. The summed E-state index contributed by atoms with van der Waals surface area (Å²) in [5, 5.41) is 1.82. The van der Waals surface area contributed by atoms with E-state index in [0.29, 0.717) is 15.3 Å². The molecule has 0 bridgehead atoms. The van der Waals surface area contributed by atoms with E-state index < -0.39 is 0 Å². The standard InChI is InChI=1S/C15H19Cl2NOS/c1-19-7-4-15(18-5-2-14(20)3-6-18)11-8-12(16)10-13(17)9-11/h4,7-10,14-15,20H,2-3,5-6H2,1H3/b7-4+. The average Bonchev–Trinajstić information content (AvgIpc) is 2.40. The van der Waals surface area contributed by atoms with E-state index >= 15 is 0 Å². The van der Waals surface area contributed by atoms with Crippen LogP contribution in [0.4, 0.5) is 0 Å². The van der Waals surface area contributed by atoms with Gasteiger partial charge in [0.1, 0.15) is 0 Å². The summed E-state index contributed by atoms with van der Waals surface area (Å²) in [5.41, 5.74) is 1.09. The third-order valence-electron chi connectivity index (χ3n) is 3.52. The summed E-state index contributed by atoms with van der Waals surface area (Å²) in [7, 11) is 1.65. The first-order valence-corrected chi connectivity index (χ1v) is 7.95. The SMILES string of the molecule is CO/C=C/C(c1cc(Cl)cc(Cl)c1)N1CCC(S)CC1. The molecule has 110 valence electrons. The fourth-order valence-corrected chi connectivity index (χ4v) is 3.28. The normalized spacial score (nSPS) is 19.4. The van der Waals surface area contributed by atoms with Crippen molar-refractivity contribution in [1.82, 2.24) is 4.90 Å². The molecule has 0 aliphatic carbocycles. The van der Waals surface area contributed by atoms with Crippen molar-refractivity contribution < 1.29 is 4.74 Å². The Morgan fingerprint density at radius 2 is 1.85 bits per heavy atom. The van der Waals surface area contributed by atoms with E-state index in [2.05, 4.69) is 17.5 Å². The first-order valence-electron chi connectivity index (χ1n) is 6.67. The van der Waals surface area contributed by atoms with Crippen LogP contribution >= 0.6 is 35.8 Å². The fourth-order valence-electron chi connectivity index (χ4n) is 2.51. The molecular weight excluding hydrogens is 313 g/mol. The maximum Gasteiger partial charge on any atom is 0.0803 e. The van der Waals surface area contributed by atoms with Crippen LogP contribution < -0.4 is 0 Å². The molecule has 1 atom stereocenters.